The minimum Gasteiger partial charge on any atom is -0.342 e. The van der Waals surface area contributed by atoms with Crippen molar-refractivity contribution in [2.45, 2.75) is 45.1 Å². The molecule has 0 spiro atoms. The highest BCUT2D eigenvalue weighted by molar-refractivity contribution is 7.18. The van der Waals surface area contributed by atoms with Gasteiger partial charge in [-0.2, -0.15) is 0 Å². The average molecular weight is 404 g/mol. The van der Waals surface area contributed by atoms with Gasteiger partial charge in [0.1, 0.15) is 0 Å². The molecular formula is C18H27Cl2N3OS. The molecule has 25 heavy (non-hydrogen) atoms. The maximum atomic E-state index is 12.4. The minimum absolute atomic E-state index is 0. The Morgan fingerprint density at radius 2 is 2.16 bits per heavy atom. The lowest BCUT2D eigenvalue weighted by atomic mass is 9.92. The van der Waals surface area contributed by atoms with Crippen LogP contribution in [0.1, 0.15) is 37.6 Å². The van der Waals surface area contributed by atoms with Crippen LogP contribution in [0.15, 0.2) is 24.3 Å². The van der Waals surface area contributed by atoms with Crippen molar-refractivity contribution in [3.63, 3.8) is 0 Å². The van der Waals surface area contributed by atoms with Crippen molar-refractivity contribution in [1.82, 2.24) is 9.88 Å². The second-order valence-electron chi connectivity index (χ2n) is 6.53. The number of likely N-dealkylation sites (tertiary alicyclic amines) is 1. The van der Waals surface area contributed by atoms with E-state index in [1.54, 1.807) is 11.3 Å². The molecule has 2 unspecified atom stereocenters. The summed E-state index contributed by atoms with van der Waals surface area (Å²) in [6.07, 6.45) is 4.60. The van der Waals surface area contributed by atoms with E-state index in [1.807, 2.05) is 30.0 Å². The van der Waals surface area contributed by atoms with Crippen LogP contribution in [-0.4, -0.2) is 34.9 Å². The topological polar surface area (TPSA) is 59.2 Å². The summed E-state index contributed by atoms with van der Waals surface area (Å²) in [6, 6.07) is 8.37. The van der Waals surface area contributed by atoms with Crippen molar-refractivity contribution < 1.29 is 4.79 Å². The molecule has 1 aliphatic rings. The fourth-order valence-corrected chi connectivity index (χ4v) is 4.25. The molecule has 1 aromatic heterocycles. The number of nitrogens with zero attached hydrogens (tertiary/aromatic N) is 2. The van der Waals surface area contributed by atoms with Crippen molar-refractivity contribution in [2.24, 2.45) is 11.7 Å². The number of hydrogen-bond donors (Lipinski definition) is 1. The molecule has 1 amide bonds. The summed E-state index contributed by atoms with van der Waals surface area (Å²) in [5.74, 6) is 0.730. The van der Waals surface area contributed by atoms with Gasteiger partial charge in [0.15, 0.2) is 0 Å². The molecule has 0 radical (unpaired) electrons. The van der Waals surface area contributed by atoms with Gasteiger partial charge in [-0.05, 0) is 50.7 Å². The monoisotopic (exact) mass is 403 g/mol. The van der Waals surface area contributed by atoms with Gasteiger partial charge < -0.3 is 10.6 Å². The Kier molecular flexibility index (Phi) is 9.14. The first-order valence-corrected chi connectivity index (χ1v) is 9.33. The van der Waals surface area contributed by atoms with E-state index < -0.39 is 0 Å². The number of aromatic nitrogens is 1. The largest absolute Gasteiger partial charge is 0.342 e. The summed E-state index contributed by atoms with van der Waals surface area (Å²) in [5.41, 5.74) is 7.06. The highest BCUT2D eigenvalue weighted by Gasteiger charge is 2.25. The van der Waals surface area contributed by atoms with Crippen LogP contribution in [-0.2, 0) is 11.2 Å². The van der Waals surface area contributed by atoms with Crippen LogP contribution in [0.3, 0.4) is 0 Å². The lowest BCUT2D eigenvalue weighted by Gasteiger charge is -2.34. The number of benzene rings is 1. The van der Waals surface area contributed by atoms with Crippen molar-refractivity contribution in [3.8, 4) is 0 Å². The molecule has 4 nitrogen and oxygen atoms in total. The van der Waals surface area contributed by atoms with E-state index in [4.69, 9.17) is 5.73 Å². The third-order valence-electron chi connectivity index (χ3n) is 4.67. The van der Waals surface area contributed by atoms with Crippen LogP contribution < -0.4 is 5.73 Å². The fourth-order valence-electron chi connectivity index (χ4n) is 3.24. The van der Waals surface area contributed by atoms with Crippen molar-refractivity contribution in [2.75, 3.05) is 13.1 Å². The molecular weight excluding hydrogens is 377 g/mol. The zero-order chi connectivity index (χ0) is 16.2. The van der Waals surface area contributed by atoms with Gasteiger partial charge in [0.25, 0.3) is 0 Å². The third-order valence-corrected chi connectivity index (χ3v) is 5.77. The van der Waals surface area contributed by atoms with Crippen LogP contribution >= 0.6 is 36.2 Å². The van der Waals surface area contributed by atoms with E-state index >= 15 is 0 Å². The van der Waals surface area contributed by atoms with Gasteiger partial charge >= 0.3 is 0 Å². The third kappa shape index (κ3) is 5.81. The van der Waals surface area contributed by atoms with E-state index in [9.17, 15) is 4.79 Å². The van der Waals surface area contributed by atoms with Crippen LogP contribution in [0.25, 0.3) is 10.2 Å². The van der Waals surface area contributed by atoms with Crippen LogP contribution in [0.4, 0.5) is 0 Å². The number of para-hydroxylation sites is 1. The Hall–Kier alpha value is -0.880. The Labute approximate surface area is 166 Å². The second kappa shape index (κ2) is 10.3. The number of carbonyl (C=O) groups is 1. The number of hydrogen-bond acceptors (Lipinski definition) is 4. The molecule has 7 heteroatoms. The maximum Gasteiger partial charge on any atom is 0.222 e. The van der Waals surface area contributed by atoms with Crippen LogP contribution in [0, 0.1) is 5.92 Å². The Balaban J connectivity index is 0.00000156. The van der Waals surface area contributed by atoms with Gasteiger partial charge in [-0.3, -0.25) is 4.79 Å². The zero-order valence-corrected chi connectivity index (χ0v) is 17.0. The normalized spacial score (nSPS) is 18.3. The highest BCUT2D eigenvalue weighted by Crippen LogP contribution is 2.23. The highest BCUT2D eigenvalue weighted by atomic mass is 35.5. The quantitative estimate of drug-likeness (QED) is 0.818. The van der Waals surface area contributed by atoms with Gasteiger partial charge in [0.2, 0.25) is 5.91 Å². The molecule has 1 aromatic carbocycles. The molecule has 2 heterocycles. The number of rotatable bonds is 5. The molecule has 2 N–H and O–H groups in total. The predicted octanol–water partition coefficient (Wildman–Crippen LogP) is 4.05. The molecule has 2 aromatic rings. The van der Waals surface area contributed by atoms with E-state index in [-0.39, 0.29) is 36.8 Å². The number of halogens is 2. The number of carbonyl (C=O) groups excluding carboxylic acids is 1. The van der Waals surface area contributed by atoms with Crippen molar-refractivity contribution in [3.05, 3.63) is 29.3 Å². The average Bonchev–Trinajstić information content (AvgIpc) is 2.97. The molecule has 1 fully saturated rings. The molecule has 2 atom stereocenters. The number of aryl methyl sites for hydroxylation is 1. The van der Waals surface area contributed by atoms with Crippen molar-refractivity contribution >= 4 is 52.3 Å². The minimum atomic E-state index is 0. The molecule has 3 rings (SSSR count). The zero-order valence-electron chi connectivity index (χ0n) is 14.5. The second-order valence-corrected chi connectivity index (χ2v) is 7.65. The van der Waals surface area contributed by atoms with Gasteiger partial charge in [-0.15, -0.1) is 36.2 Å². The summed E-state index contributed by atoms with van der Waals surface area (Å²) >= 11 is 1.74. The molecule has 140 valence electrons. The Morgan fingerprint density at radius 1 is 1.40 bits per heavy atom. The van der Waals surface area contributed by atoms with Gasteiger partial charge in [0.05, 0.1) is 15.2 Å². The van der Waals surface area contributed by atoms with Crippen LogP contribution in [0.5, 0.6) is 0 Å². The molecule has 0 saturated carbocycles. The number of fused-ring (bicyclic) bond motifs is 1. The molecule has 1 aliphatic heterocycles. The van der Waals surface area contributed by atoms with Crippen molar-refractivity contribution in [1.29, 1.82) is 0 Å². The predicted molar refractivity (Wildman–Crippen MR) is 110 cm³/mol. The van der Waals surface area contributed by atoms with Gasteiger partial charge in [-0.25, -0.2) is 4.98 Å². The first-order chi connectivity index (χ1) is 11.1. The number of thiazole rings is 1. The van der Waals surface area contributed by atoms with E-state index in [1.165, 1.54) is 4.70 Å². The standard InChI is InChI=1S/C18H25N3OS.2ClH/c1-13(19)14-6-5-11-21(12-14)18(22)10-4-9-17-20-15-7-2-3-8-16(15)23-17;;/h2-3,7-8,13-14H,4-6,9-12,19H2,1H3;2*1H. The van der Waals surface area contributed by atoms with Crippen LogP contribution in [0.2, 0.25) is 0 Å². The first kappa shape index (κ1) is 22.2. The maximum absolute atomic E-state index is 12.4. The summed E-state index contributed by atoms with van der Waals surface area (Å²) in [7, 11) is 0. The Bertz CT molecular complexity index is 644. The number of piperidine rings is 1. The summed E-state index contributed by atoms with van der Waals surface area (Å²) in [6.45, 7) is 3.77. The van der Waals surface area contributed by atoms with E-state index in [2.05, 4.69) is 11.1 Å². The number of amides is 1. The number of nitrogens with two attached hydrogens (primary N) is 1. The molecule has 0 aliphatic carbocycles. The summed E-state index contributed by atoms with van der Waals surface area (Å²) in [4.78, 5) is 19.0. The first-order valence-electron chi connectivity index (χ1n) is 8.51. The lowest BCUT2D eigenvalue weighted by molar-refractivity contribution is -0.133. The summed E-state index contributed by atoms with van der Waals surface area (Å²) in [5, 5.41) is 1.13. The SMILES string of the molecule is CC(N)C1CCCN(C(=O)CCCc2nc3ccccc3s2)C1.Cl.Cl. The molecule has 1 saturated heterocycles. The van der Waals surface area contributed by atoms with E-state index in [0.717, 1.165) is 49.3 Å². The smallest absolute Gasteiger partial charge is 0.222 e. The lowest BCUT2D eigenvalue weighted by Crippen LogP contribution is -2.45. The Morgan fingerprint density at radius 3 is 2.88 bits per heavy atom. The van der Waals surface area contributed by atoms with Gasteiger partial charge in [0, 0.05) is 25.6 Å². The fraction of sp³-hybridized carbons (Fsp3) is 0.556. The van der Waals surface area contributed by atoms with Gasteiger partial charge in [-0.1, -0.05) is 12.1 Å². The molecule has 0 bridgehead atoms. The summed E-state index contributed by atoms with van der Waals surface area (Å²) < 4.78 is 1.23. The van der Waals surface area contributed by atoms with E-state index in [0.29, 0.717) is 12.3 Å².